The summed E-state index contributed by atoms with van der Waals surface area (Å²) >= 11 is 0. The van der Waals surface area contributed by atoms with Crippen molar-refractivity contribution in [3.05, 3.63) is 28.4 Å². The van der Waals surface area contributed by atoms with Crippen LogP contribution in [-0.4, -0.2) is 68.0 Å². The maximum absolute atomic E-state index is 12.8. The number of hydrogen-bond donors (Lipinski definition) is 2. The summed E-state index contributed by atoms with van der Waals surface area (Å²) in [5.41, 5.74) is 0.623. The van der Waals surface area contributed by atoms with Crippen molar-refractivity contribution in [1.29, 1.82) is 0 Å². The first kappa shape index (κ1) is 30.2. The van der Waals surface area contributed by atoms with E-state index in [0.29, 0.717) is 23.2 Å². The number of aliphatic hydroxyl groups excluding tert-OH is 1. The molecule has 11 heteroatoms. The second kappa shape index (κ2) is 9.94. The van der Waals surface area contributed by atoms with Gasteiger partial charge in [0.1, 0.15) is 24.9 Å². The molecule has 2 saturated heterocycles. The summed E-state index contributed by atoms with van der Waals surface area (Å²) in [6.45, 7) is 24.4. The van der Waals surface area contributed by atoms with Gasteiger partial charge in [-0.05, 0) is 18.1 Å². The molecule has 0 radical (unpaired) electrons. The van der Waals surface area contributed by atoms with Crippen molar-refractivity contribution < 1.29 is 23.1 Å². The van der Waals surface area contributed by atoms with Gasteiger partial charge in [0.25, 0.3) is 5.56 Å². The van der Waals surface area contributed by atoms with Crippen LogP contribution in [0.25, 0.3) is 11.0 Å². The number of fused-ring (bicyclic) bond motifs is 2. The Morgan fingerprint density at radius 2 is 1.82 bits per heavy atom. The molecule has 216 valence electrons. The van der Waals surface area contributed by atoms with Crippen molar-refractivity contribution in [3.63, 3.8) is 0 Å². The quantitative estimate of drug-likeness (QED) is 0.399. The number of hydrogen-bond acceptors (Lipinski definition) is 7. The monoisotopic (exact) mass is 575 g/mol. The van der Waals surface area contributed by atoms with E-state index in [-0.39, 0.29) is 39.5 Å². The number of nitrogens with zero attached hydrogens (tertiary/aromatic N) is 2. The van der Waals surface area contributed by atoms with Crippen LogP contribution in [0.15, 0.2) is 17.3 Å². The molecule has 4 rings (SSSR count). The number of H-pyrrole nitrogens is 1. The van der Waals surface area contributed by atoms with Crippen LogP contribution in [0.1, 0.15) is 74.1 Å². The lowest BCUT2D eigenvalue weighted by Gasteiger charge is -2.54. The second-order valence-corrected chi connectivity index (χ2v) is 23.8. The number of aromatic nitrogens is 3. The molecule has 0 unspecified atom stereocenters. The Bertz CT molecular complexity index is 1320. The van der Waals surface area contributed by atoms with Gasteiger partial charge in [-0.25, -0.2) is 4.98 Å². The first-order valence-corrected chi connectivity index (χ1v) is 18.4. The van der Waals surface area contributed by atoms with Crippen LogP contribution < -0.4 is 5.56 Å². The zero-order valence-electron chi connectivity index (χ0n) is 25.3. The van der Waals surface area contributed by atoms with E-state index in [1.807, 2.05) is 4.57 Å². The predicted octanol–water partition coefficient (Wildman–Crippen LogP) is 4.81. The molecule has 4 heterocycles. The molecule has 9 nitrogen and oxygen atoms in total. The zero-order chi connectivity index (χ0) is 29.2. The van der Waals surface area contributed by atoms with Gasteiger partial charge >= 0.3 is 8.56 Å². The number of ether oxygens (including phenoxy) is 1. The highest BCUT2D eigenvalue weighted by molar-refractivity contribution is 6.74. The molecule has 0 spiro atoms. The van der Waals surface area contributed by atoms with E-state index < -0.39 is 29.2 Å². The summed E-state index contributed by atoms with van der Waals surface area (Å²) in [5, 5.41) is 9.22. The molecular formula is C28H45N3O6Si2. The topological polar surface area (TPSA) is 108 Å². The van der Waals surface area contributed by atoms with Gasteiger partial charge in [0, 0.05) is 16.3 Å². The normalized spacial score (nSPS) is 25.8. The number of rotatable bonds is 3. The minimum atomic E-state index is -2.81. The molecule has 39 heavy (non-hydrogen) atoms. The Morgan fingerprint density at radius 3 is 2.38 bits per heavy atom. The summed E-state index contributed by atoms with van der Waals surface area (Å²) in [6, 6.07) is 0. The third-order valence-electron chi connectivity index (χ3n) is 8.44. The molecular weight excluding hydrogens is 530 g/mol. The summed E-state index contributed by atoms with van der Waals surface area (Å²) in [7, 11) is -5.11. The largest absolute Gasteiger partial charge is 0.407 e. The van der Waals surface area contributed by atoms with Crippen molar-refractivity contribution in [1.82, 2.24) is 14.5 Å². The maximum Gasteiger partial charge on any atom is 0.349 e. The first-order chi connectivity index (χ1) is 17.8. The highest BCUT2D eigenvalue weighted by atomic mass is 28.4. The van der Waals surface area contributed by atoms with Crippen LogP contribution in [-0.2, 0) is 18.0 Å². The van der Waals surface area contributed by atoms with E-state index in [9.17, 15) is 9.90 Å². The van der Waals surface area contributed by atoms with Crippen LogP contribution >= 0.6 is 0 Å². The Hall–Kier alpha value is -1.79. The van der Waals surface area contributed by atoms with Gasteiger partial charge in [0.2, 0.25) is 0 Å². The SMILES string of the molecule is CC(C)(C)[Si](C)(C)O[C@@H]1[C@@H]2O[Si](C(C)(C)C)(C(C)(C)C)OC[C@H]2O[C@H]1n1cc(C#CCO)c2c(=O)[nH]cnc21. The molecule has 0 aromatic carbocycles. The number of nitrogens with one attached hydrogen (secondary N) is 1. The summed E-state index contributed by atoms with van der Waals surface area (Å²) in [4.78, 5) is 20.0. The lowest BCUT2D eigenvalue weighted by Crippen LogP contribution is -2.66. The van der Waals surface area contributed by atoms with Crippen molar-refractivity contribution in [2.45, 2.75) is 115 Å². The molecule has 0 amide bonds. The molecule has 2 aromatic rings. The molecule has 0 bridgehead atoms. The second-order valence-electron chi connectivity index (χ2n) is 14.3. The maximum atomic E-state index is 12.8. The van der Waals surface area contributed by atoms with E-state index in [0.717, 1.165) is 0 Å². The van der Waals surface area contributed by atoms with Crippen LogP contribution in [0.4, 0.5) is 0 Å². The van der Waals surface area contributed by atoms with Crippen LogP contribution in [0, 0.1) is 11.8 Å². The van der Waals surface area contributed by atoms with E-state index in [4.69, 9.17) is 18.0 Å². The lowest BCUT2D eigenvalue weighted by atomic mass is 10.1. The molecule has 2 aliphatic rings. The number of aromatic amines is 1. The lowest BCUT2D eigenvalue weighted by molar-refractivity contribution is -0.0794. The highest BCUT2D eigenvalue weighted by Crippen LogP contribution is 2.56. The summed E-state index contributed by atoms with van der Waals surface area (Å²) < 4.78 is 29.6. The highest BCUT2D eigenvalue weighted by Gasteiger charge is 2.66. The van der Waals surface area contributed by atoms with Gasteiger partial charge in [0.05, 0.1) is 23.9 Å². The molecule has 0 saturated carbocycles. The van der Waals surface area contributed by atoms with E-state index in [1.165, 1.54) is 6.33 Å². The molecule has 2 aliphatic heterocycles. The van der Waals surface area contributed by atoms with Crippen molar-refractivity contribution >= 4 is 27.9 Å². The van der Waals surface area contributed by atoms with Gasteiger partial charge in [-0.3, -0.25) is 4.79 Å². The minimum absolute atomic E-state index is 0.0463. The molecule has 0 aliphatic carbocycles. The third-order valence-corrected chi connectivity index (χ3v) is 18.0. The van der Waals surface area contributed by atoms with Gasteiger partial charge in [0.15, 0.2) is 20.2 Å². The van der Waals surface area contributed by atoms with Crippen LogP contribution in [0.2, 0.25) is 28.2 Å². The Balaban J connectivity index is 1.89. The molecule has 2 fully saturated rings. The Morgan fingerprint density at radius 1 is 1.18 bits per heavy atom. The summed E-state index contributed by atoms with van der Waals surface area (Å²) in [5.74, 6) is 5.57. The standard InChI is InChI=1S/C28H45N3O6Si2/c1-26(2,3)38(10,11)36-22-21-19(16-34-39(37-21,27(4,5)6)28(7,8)9)35-25(22)31-15-18(13-12-14-32)20-23(31)29-17-30-24(20)33/h15,17,19,21-22,25,32H,14,16H2,1-11H3,(H,29,30,33)/t19-,21-,22-,25-/m1/s1. The smallest absolute Gasteiger partial charge is 0.349 e. The predicted molar refractivity (Wildman–Crippen MR) is 156 cm³/mol. The molecule has 2 N–H and O–H groups in total. The fourth-order valence-electron chi connectivity index (χ4n) is 5.70. The van der Waals surface area contributed by atoms with Crippen LogP contribution in [0.5, 0.6) is 0 Å². The van der Waals surface area contributed by atoms with Gasteiger partial charge in [-0.2, -0.15) is 0 Å². The van der Waals surface area contributed by atoms with Crippen LogP contribution in [0.3, 0.4) is 0 Å². The van der Waals surface area contributed by atoms with Crippen molar-refractivity contribution in [2.24, 2.45) is 0 Å². The van der Waals surface area contributed by atoms with Crippen molar-refractivity contribution in [2.75, 3.05) is 13.2 Å². The number of aliphatic hydroxyl groups is 1. The molecule has 4 atom stereocenters. The third kappa shape index (κ3) is 5.10. The molecule has 2 aromatic heterocycles. The van der Waals surface area contributed by atoms with E-state index in [2.05, 4.69) is 97.2 Å². The fourth-order valence-corrected chi connectivity index (χ4v) is 11.9. The van der Waals surface area contributed by atoms with Gasteiger partial charge in [-0.15, -0.1) is 0 Å². The Kier molecular flexibility index (Phi) is 7.69. The van der Waals surface area contributed by atoms with Crippen molar-refractivity contribution in [3.8, 4) is 11.8 Å². The zero-order valence-corrected chi connectivity index (χ0v) is 27.3. The minimum Gasteiger partial charge on any atom is -0.407 e. The average molecular weight is 576 g/mol. The fraction of sp³-hybridized carbons (Fsp3) is 0.714. The van der Waals surface area contributed by atoms with Gasteiger partial charge in [-0.1, -0.05) is 74.2 Å². The Labute approximate surface area is 234 Å². The summed E-state index contributed by atoms with van der Waals surface area (Å²) in [6.07, 6.45) is 1.40. The average Bonchev–Trinajstić information content (AvgIpc) is 3.33. The first-order valence-electron chi connectivity index (χ1n) is 13.7. The van der Waals surface area contributed by atoms with Gasteiger partial charge < -0.3 is 32.7 Å². The van der Waals surface area contributed by atoms with E-state index in [1.54, 1.807) is 6.20 Å². The van der Waals surface area contributed by atoms with E-state index >= 15 is 0 Å².